The Morgan fingerprint density at radius 3 is 1.80 bits per heavy atom. The minimum atomic E-state index is -0.644. The normalized spacial score (nSPS) is 9.60. The summed E-state index contributed by atoms with van der Waals surface area (Å²) in [5.74, 6) is 4.66. The fourth-order valence-corrected chi connectivity index (χ4v) is 0. The number of hydrogen-bond donors (Lipinski definition) is 2. The first-order chi connectivity index (χ1) is 2.27. The van der Waals surface area contributed by atoms with Gasteiger partial charge in [-0.3, -0.25) is 5.84 Å². The van der Waals surface area contributed by atoms with Crippen LogP contribution in [0, 0.1) is 0 Å². The van der Waals surface area contributed by atoms with Gasteiger partial charge in [-0.1, -0.05) is 23.2 Å². The van der Waals surface area contributed by atoms with Crippen LogP contribution in [0.25, 0.3) is 0 Å². The third kappa shape index (κ3) is 4.50. The molecule has 0 atom stereocenters. The van der Waals surface area contributed by atoms with E-state index in [9.17, 15) is 0 Å². The summed E-state index contributed by atoms with van der Waals surface area (Å²) in [6, 6.07) is 0. The second kappa shape index (κ2) is 2.72. The number of nitrogens with two attached hydrogens (primary N) is 1. The molecule has 0 fully saturated rings. The molecule has 0 saturated carbocycles. The quantitative estimate of drug-likeness (QED) is 0.222. The number of halogens is 2. The van der Waals surface area contributed by atoms with Gasteiger partial charge >= 0.3 is 0 Å². The third-order valence-electron chi connectivity index (χ3n) is 0.126. The topological polar surface area (TPSA) is 38.0 Å². The molecule has 32 valence electrons. The van der Waals surface area contributed by atoms with Gasteiger partial charge in [-0.15, -0.1) is 0 Å². The van der Waals surface area contributed by atoms with E-state index >= 15 is 0 Å². The first kappa shape index (κ1) is 5.50. The maximum atomic E-state index is 4.99. The molecule has 0 aliphatic rings. The maximum absolute atomic E-state index is 4.99. The summed E-state index contributed by atoms with van der Waals surface area (Å²) in [5, 5.41) is 0. The van der Waals surface area contributed by atoms with E-state index in [1.165, 1.54) is 0 Å². The lowest BCUT2D eigenvalue weighted by molar-refractivity contribution is 0.820. The summed E-state index contributed by atoms with van der Waals surface area (Å²) in [6.07, 6.45) is 0. The van der Waals surface area contributed by atoms with Crippen LogP contribution < -0.4 is 11.3 Å². The van der Waals surface area contributed by atoms with Crippen molar-refractivity contribution >= 4 is 23.2 Å². The average molecular weight is 115 g/mol. The number of hydrazine groups is 1. The first-order valence-electron chi connectivity index (χ1n) is 1.01. The minimum absolute atomic E-state index is 0.644. The summed E-state index contributed by atoms with van der Waals surface area (Å²) < 4.78 is 0. The Hall–Kier alpha value is 0.500. The minimum Gasteiger partial charge on any atom is -0.269 e. The number of hydrogen-bond acceptors (Lipinski definition) is 2. The predicted molar refractivity (Wildman–Crippen MR) is 22.8 cm³/mol. The predicted octanol–water partition coefficient (Wildman–Crippen LogP) is 0.211. The van der Waals surface area contributed by atoms with Gasteiger partial charge in [0.1, 0.15) is 0 Å². The van der Waals surface area contributed by atoms with Gasteiger partial charge in [-0.05, 0) is 0 Å². The van der Waals surface area contributed by atoms with E-state index in [2.05, 4.69) is 11.3 Å². The smallest absolute Gasteiger partial charge is 0.170 e. The molecule has 0 bridgehead atoms. The van der Waals surface area contributed by atoms with Crippen molar-refractivity contribution in [3.05, 3.63) is 0 Å². The van der Waals surface area contributed by atoms with Crippen molar-refractivity contribution in [2.24, 2.45) is 5.84 Å². The van der Waals surface area contributed by atoms with Crippen molar-refractivity contribution in [2.75, 3.05) is 0 Å². The fourth-order valence-electron chi connectivity index (χ4n) is 0. The van der Waals surface area contributed by atoms with Crippen LogP contribution in [-0.2, 0) is 0 Å². The third-order valence-corrected chi connectivity index (χ3v) is 0.378. The lowest BCUT2D eigenvalue weighted by atomic mass is 11.5. The zero-order chi connectivity index (χ0) is 4.28. The summed E-state index contributed by atoms with van der Waals surface area (Å²) in [6.45, 7) is 0. The molecule has 0 saturated heterocycles. The summed E-state index contributed by atoms with van der Waals surface area (Å²) in [5.41, 5.74) is 2.06. The van der Waals surface area contributed by atoms with E-state index in [4.69, 9.17) is 23.2 Å². The van der Waals surface area contributed by atoms with E-state index in [-0.39, 0.29) is 0 Å². The highest BCUT2D eigenvalue weighted by molar-refractivity contribution is 6.43. The summed E-state index contributed by atoms with van der Waals surface area (Å²) in [7, 11) is 0. The van der Waals surface area contributed by atoms with E-state index < -0.39 is 4.96 Å². The molecular formula is CH4Cl2N2. The lowest BCUT2D eigenvalue weighted by Gasteiger charge is -1.89. The molecule has 0 heterocycles. The van der Waals surface area contributed by atoms with Gasteiger partial charge in [-0.2, -0.15) is 0 Å². The highest BCUT2D eigenvalue weighted by Gasteiger charge is 1.84. The summed E-state index contributed by atoms with van der Waals surface area (Å²) in [4.78, 5) is -0.644. The van der Waals surface area contributed by atoms with Gasteiger partial charge in [0.2, 0.25) is 0 Å². The monoisotopic (exact) mass is 114 g/mol. The molecule has 3 N–H and O–H groups in total. The van der Waals surface area contributed by atoms with E-state index in [1.54, 1.807) is 0 Å². The zero-order valence-electron chi connectivity index (χ0n) is 2.41. The Balaban J connectivity index is 2.54. The molecular weight excluding hydrogens is 111 g/mol. The van der Waals surface area contributed by atoms with E-state index in [0.29, 0.717) is 0 Å². The van der Waals surface area contributed by atoms with Crippen molar-refractivity contribution in [2.45, 2.75) is 4.96 Å². The Morgan fingerprint density at radius 2 is 1.80 bits per heavy atom. The Kier molecular flexibility index (Phi) is 2.99. The van der Waals surface area contributed by atoms with E-state index in [1.807, 2.05) is 0 Å². The molecule has 5 heavy (non-hydrogen) atoms. The molecule has 0 aromatic rings. The van der Waals surface area contributed by atoms with Crippen molar-refractivity contribution in [1.29, 1.82) is 0 Å². The molecule has 0 aromatic heterocycles. The van der Waals surface area contributed by atoms with Gasteiger partial charge in [0.15, 0.2) is 4.96 Å². The van der Waals surface area contributed by atoms with Crippen LogP contribution in [0.5, 0.6) is 0 Å². The fraction of sp³-hybridized carbons (Fsp3) is 1.00. The molecule has 0 radical (unpaired) electrons. The summed E-state index contributed by atoms with van der Waals surface area (Å²) >= 11 is 9.98. The van der Waals surface area contributed by atoms with Crippen LogP contribution in [0.3, 0.4) is 0 Å². The molecule has 0 aromatic carbocycles. The van der Waals surface area contributed by atoms with E-state index in [0.717, 1.165) is 0 Å². The molecule has 0 spiro atoms. The molecule has 0 unspecified atom stereocenters. The molecule has 0 rings (SSSR count). The van der Waals surface area contributed by atoms with Crippen molar-refractivity contribution < 1.29 is 0 Å². The largest absolute Gasteiger partial charge is 0.269 e. The molecule has 0 aliphatic heterocycles. The lowest BCUT2D eigenvalue weighted by Crippen LogP contribution is -2.25. The second-order valence-corrected chi connectivity index (χ2v) is 1.56. The van der Waals surface area contributed by atoms with Crippen LogP contribution in [0.15, 0.2) is 0 Å². The van der Waals surface area contributed by atoms with Gasteiger partial charge in [-0.25, -0.2) is 5.43 Å². The first-order valence-corrected chi connectivity index (χ1v) is 1.89. The van der Waals surface area contributed by atoms with Gasteiger partial charge < -0.3 is 0 Å². The van der Waals surface area contributed by atoms with Crippen LogP contribution >= 0.6 is 23.2 Å². The highest BCUT2D eigenvalue weighted by atomic mass is 35.5. The highest BCUT2D eigenvalue weighted by Crippen LogP contribution is 1.90. The van der Waals surface area contributed by atoms with Crippen LogP contribution in [0.1, 0.15) is 0 Å². The number of alkyl halides is 2. The van der Waals surface area contributed by atoms with Crippen LogP contribution in [-0.4, -0.2) is 4.96 Å². The van der Waals surface area contributed by atoms with Gasteiger partial charge in [0.25, 0.3) is 0 Å². The average Bonchev–Trinajstić information content (AvgIpc) is 1.38. The molecule has 2 nitrogen and oxygen atoms in total. The SMILES string of the molecule is NNC(Cl)Cl. The van der Waals surface area contributed by atoms with Gasteiger partial charge in [0.05, 0.1) is 0 Å². The maximum Gasteiger partial charge on any atom is 0.170 e. The molecule has 4 heteroatoms. The second-order valence-electron chi connectivity index (χ2n) is 0.467. The van der Waals surface area contributed by atoms with Crippen molar-refractivity contribution in [3.63, 3.8) is 0 Å². The Bertz CT molecular complexity index is 21.6. The van der Waals surface area contributed by atoms with Crippen molar-refractivity contribution in [1.82, 2.24) is 5.43 Å². The zero-order valence-corrected chi connectivity index (χ0v) is 3.92. The van der Waals surface area contributed by atoms with Crippen molar-refractivity contribution in [3.8, 4) is 0 Å². The van der Waals surface area contributed by atoms with Crippen LogP contribution in [0.4, 0.5) is 0 Å². The number of rotatable bonds is 1. The Labute approximate surface area is 40.2 Å². The molecule has 0 aliphatic carbocycles. The van der Waals surface area contributed by atoms with Gasteiger partial charge in [0, 0.05) is 0 Å². The standard InChI is InChI=1S/CH4Cl2N2/c2-1(3)5-4/h1,5H,4H2. The number of nitrogens with one attached hydrogen (secondary N) is 1. The molecule has 0 amide bonds. The van der Waals surface area contributed by atoms with Crippen LogP contribution in [0.2, 0.25) is 0 Å². The Morgan fingerprint density at radius 1 is 1.60 bits per heavy atom.